The molecule has 0 aliphatic heterocycles. The Labute approximate surface area is 88.4 Å². The van der Waals surface area contributed by atoms with Gasteiger partial charge in [0.05, 0.1) is 0 Å². The Bertz CT molecular complexity index is 170. The number of rotatable bonds is 1. The lowest BCUT2D eigenvalue weighted by atomic mass is 9.62. The Balaban J connectivity index is 1.87. The van der Waals surface area contributed by atoms with E-state index in [-0.39, 0.29) is 0 Å². The first kappa shape index (κ1) is 10.5. The van der Waals surface area contributed by atoms with E-state index in [0.29, 0.717) is 6.04 Å². The third kappa shape index (κ3) is 2.13. The van der Waals surface area contributed by atoms with E-state index < -0.39 is 0 Å². The van der Waals surface area contributed by atoms with Crippen LogP contribution in [0.3, 0.4) is 0 Å². The van der Waals surface area contributed by atoms with Gasteiger partial charge in [-0.05, 0) is 56.8 Å². The van der Waals surface area contributed by atoms with Crippen molar-refractivity contribution in [2.75, 3.05) is 0 Å². The van der Waals surface area contributed by atoms with Crippen molar-refractivity contribution in [1.82, 2.24) is 0 Å². The maximum absolute atomic E-state index is 5.99. The topological polar surface area (TPSA) is 26.0 Å². The summed E-state index contributed by atoms with van der Waals surface area (Å²) >= 11 is 0. The van der Waals surface area contributed by atoms with Gasteiger partial charge in [0, 0.05) is 6.04 Å². The van der Waals surface area contributed by atoms with Crippen LogP contribution in [0.4, 0.5) is 0 Å². The first-order chi connectivity index (χ1) is 6.72. The van der Waals surface area contributed by atoms with Crippen LogP contribution in [0.15, 0.2) is 0 Å². The molecule has 2 rings (SSSR count). The lowest BCUT2D eigenvalue weighted by Gasteiger charge is -2.43. The largest absolute Gasteiger partial charge is 0.328 e. The molecule has 0 amide bonds. The van der Waals surface area contributed by atoms with Crippen LogP contribution < -0.4 is 5.73 Å². The molecule has 0 bridgehead atoms. The lowest BCUT2D eigenvalue weighted by molar-refractivity contribution is 0.0909. The molecule has 0 aromatic carbocycles. The molecule has 2 saturated carbocycles. The van der Waals surface area contributed by atoms with Gasteiger partial charge in [0.2, 0.25) is 0 Å². The molecule has 1 spiro atoms. The zero-order valence-corrected chi connectivity index (χ0v) is 9.60. The van der Waals surface area contributed by atoms with Crippen LogP contribution in [0.5, 0.6) is 0 Å². The minimum atomic E-state index is 0.427. The summed E-state index contributed by atoms with van der Waals surface area (Å²) in [6.45, 7) is 2.18. The highest BCUT2D eigenvalue weighted by atomic mass is 14.6. The zero-order valence-electron chi connectivity index (χ0n) is 9.60. The number of hydrogen-bond donors (Lipinski definition) is 1. The van der Waals surface area contributed by atoms with Gasteiger partial charge in [0.15, 0.2) is 0 Å². The van der Waals surface area contributed by atoms with Crippen molar-refractivity contribution in [3.05, 3.63) is 0 Å². The molecule has 0 heterocycles. The number of hydrogen-bond acceptors (Lipinski definition) is 1. The molecular weight excluding hydrogens is 170 g/mol. The lowest BCUT2D eigenvalue weighted by Crippen LogP contribution is -2.35. The first-order valence-corrected chi connectivity index (χ1v) is 6.47. The van der Waals surface area contributed by atoms with E-state index in [0.717, 1.165) is 11.3 Å². The Morgan fingerprint density at radius 1 is 1.00 bits per heavy atom. The molecular formula is C13H25N. The van der Waals surface area contributed by atoms with Crippen LogP contribution in [0.2, 0.25) is 0 Å². The Kier molecular flexibility index (Phi) is 3.16. The fourth-order valence-electron chi connectivity index (χ4n) is 3.58. The van der Waals surface area contributed by atoms with Crippen molar-refractivity contribution in [3.63, 3.8) is 0 Å². The second-order valence-electron chi connectivity index (χ2n) is 5.76. The van der Waals surface area contributed by atoms with Gasteiger partial charge in [0.1, 0.15) is 0 Å². The maximum atomic E-state index is 5.99. The molecule has 0 aromatic heterocycles. The van der Waals surface area contributed by atoms with Crippen LogP contribution in [0.1, 0.15) is 64.7 Å². The molecule has 0 saturated heterocycles. The van der Waals surface area contributed by atoms with E-state index >= 15 is 0 Å². The normalized spacial score (nSPS) is 30.4. The average Bonchev–Trinajstić information content (AvgIpc) is 2.19. The van der Waals surface area contributed by atoms with Crippen LogP contribution in [-0.2, 0) is 0 Å². The summed E-state index contributed by atoms with van der Waals surface area (Å²) in [4.78, 5) is 0. The SMILES string of the molecule is CC(N)C1CCC2(CCCCC2)CC1. The Hall–Kier alpha value is -0.0400. The van der Waals surface area contributed by atoms with Crippen molar-refractivity contribution in [3.8, 4) is 0 Å². The molecule has 1 heteroatoms. The zero-order chi connectivity index (χ0) is 10.0. The van der Waals surface area contributed by atoms with E-state index in [1.807, 2.05) is 0 Å². The van der Waals surface area contributed by atoms with Gasteiger partial charge in [0.25, 0.3) is 0 Å². The molecule has 82 valence electrons. The second kappa shape index (κ2) is 4.22. The summed E-state index contributed by atoms with van der Waals surface area (Å²) in [5, 5.41) is 0. The van der Waals surface area contributed by atoms with Crippen molar-refractivity contribution in [2.45, 2.75) is 70.8 Å². The Morgan fingerprint density at radius 2 is 1.57 bits per heavy atom. The smallest absolute Gasteiger partial charge is 0.00387 e. The summed E-state index contributed by atoms with van der Waals surface area (Å²) in [7, 11) is 0. The predicted octanol–water partition coefficient (Wildman–Crippen LogP) is 3.47. The Morgan fingerprint density at radius 3 is 2.07 bits per heavy atom. The molecule has 0 aromatic rings. The monoisotopic (exact) mass is 195 g/mol. The molecule has 2 aliphatic rings. The minimum Gasteiger partial charge on any atom is -0.328 e. The van der Waals surface area contributed by atoms with Gasteiger partial charge in [-0.15, -0.1) is 0 Å². The molecule has 0 radical (unpaired) electrons. The molecule has 2 N–H and O–H groups in total. The van der Waals surface area contributed by atoms with Crippen molar-refractivity contribution < 1.29 is 0 Å². The first-order valence-electron chi connectivity index (χ1n) is 6.47. The molecule has 2 fully saturated rings. The van der Waals surface area contributed by atoms with Crippen LogP contribution in [-0.4, -0.2) is 6.04 Å². The quantitative estimate of drug-likeness (QED) is 0.681. The average molecular weight is 195 g/mol. The number of nitrogens with two attached hydrogens (primary N) is 1. The standard InChI is InChI=1S/C13H25N/c1-11(14)12-5-9-13(10-6-12)7-3-2-4-8-13/h11-12H,2-10,14H2,1H3. The van der Waals surface area contributed by atoms with E-state index in [4.69, 9.17) is 5.73 Å². The highest BCUT2D eigenvalue weighted by Crippen LogP contribution is 2.49. The van der Waals surface area contributed by atoms with Crippen LogP contribution >= 0.6 is 0 Å². The van der Waals surface area contributed by atoms with Gasteiger partial charge in [-0.25, -0.2) is 0 Å². The minimum absolute atomic E-state index is 0.427. The van der Waals surface area contributed by atoms with Crippen LogP contribution in [0.25, 0.3) is 0 Å². The molecule has 1 atom stereocenters. The summed E-state index contributed by atoms with van der Waals surface area (Å²) in [5.41, 5.74) is 6.75. The van der Waals surface area contributed by atoms with Gasteiger partial charge >= 0.3 is 0 Å². The third-order valence-corrected chi connectivity index (χ3v) is 4.75. The van der Waals surface area contributed by atoms with Gasteiger partial charge in [-0.1, -0.05) is 19.3 Å². The maximum Gasteiger partial charge on any atom is 0.00387 e. The van der Waals surface area contributed by atoms with Crippen LogP contribution in [0, 0.1) is 11.3 Å². The van der Waals surface area contributed by atoms with E-state index in [2.05, 4.69) is 6.92 Å². The van der Waals surface area contributed by atoms with E-state index in [1.165, 1.54) is 57.8 Å². The summed E-state index contributed by atoms with van der Waals surface area (Å²) < 4.78 is 0. The fourth-order valence-corrected chi connectivity index (χ4v) is 3.58. The van der Waals surface area contributed by atoms with E-state index in [1.54, 1.807) is 0 Å². The predicted molar refractivity (Wildman–Crippen MR) is 61.1 cm³/mol. The highest BCUT2D eigenvalue weighted by Gasteiger charge is 2.36. The van der Waals surface area contributed by atoms with Gasteiger partial charge in [-0.3, -0.25) is 0 Å². The third-order valence-electron chi connectivity index (χ3n) is 4.75. The molecule has 1 unspecified atom stereocenters. The summed E-state index contributed by atoms with van der Waals surface area (Å²) in [5.74, 6) is 0.822. The molecule has 14 heavy (non-hydrogen) atoms. The van der Waals surface area contributed by atoms with Crippen molar-refractivity contribution in [2.24, 2.45) is 17.1 Å². The molecule has 1 nitrogen and oxygen atoms in total. The van der Waals surface area contributed by atoms with E-state index in [9.17, 15) is 0 Å². The summed E-state index contributed by atoms with van der Waals surface area (Å²) in [6.07, 6.45) is 13.2. The van der Waals surface area contributed by atoms with Crippen molar-refractivity contribution in [1.29, 1.82) is 0 Å². The van der Waals surface area contributed by atoms with Gasteiger partial charge < -0.3 is 5.73 Å². The van der Waals surface area contributed by atoms with Gasteiger partial charge in [-0.2, -0.15) is 0 Å². The van der Waals surface area contributed by atoms with Crippen molar-refractivity contribution >= 4 is 0 Å². The second-order valence-corrected chi connectivity index (χ2v) is 5.76. The fraction of sp³-hybridized carbons (Fsp3) is 1.00. The molecule has 2 aliphatic carbocycles. The summed E-state index contributed by atoms with van der Waals surface area (Å²) in [6, 6.07) is 0.427. The highest BCUT2D eigenvalue weighted by molar-refractivity contribution is 4.89.